The number of nitro groups is 1. The molecule has 1 atom stereocenters. The van der Waals surface area contributed by atoms with Gasteiger partial charge in [-0.1, -0.05) is 18.2 Å². The number of hydrogen-bond acceptors (Lipinski definition) is 6. The first kappa shape index (κ1) is 19.8. The summed E-state index contributed by atoms with van der Waals surface area (Å²) >= 11 is 0. The van der Waals surface area contributed by atoms with Crippen molar-refractivity contribution >= 4 is 29.0 Å². The second-order valence-electron chi connectivity index (χ2n) is 5.93. The number of nitro benzene ring substituents is 1. The molecule has 2 rings (SSSR count). The second-order valence-corrected chi connectivity index (χ2v) is 5.93. The third-order valence-electron chi connectivity index (χ3n) is 3.83. The van der Waals surface area contributed by atoms with Crippen molar-refractivity contribution in [3.8, 4) is 0 Å². The molecule has 1 amide bonds. The van der Waals surface area contributed by atoms with E-state index in [0.29, 0.717) is 16.8 Å². The zero-order valence-corrected chi connectivity index (χ0v) is 15.0. The van der Waals surface area contributed by atoms with Gasteiger partial charge in [-0.3, -0.25) is 19.7 Å². The molecule has 2 aromatic rings. The average Bonchev–Trinajstić information content (AvgIpc) is 2.61. The van der Waals surface area contributed by atoms with Crippen LogP contribution in [-0.2, 0) is 9.53 Å². The summed E-state index contributed by atoms with van der Waals surface area (Å²) in [5.74, 6) is -1.59. The normalized spacial score (nSPS) is 11.4. The van der Waals surface area contributed by atoms with Crippen LogP contribution in [0, 0.1) is 17.0 Å². The number of carbonyl (C=O) groups excluding carboxylic acids is 3. The fourth-order valence-electron chi connectivity index (χ4n) is 2.28. The lowest BCUT2D eigenvalue weighted by molar-refractivity contribution is -0.385. The number of aryl methyl sites for hydroxylation is 1. The maximum absolute atomic E-state index is 12.2. The molecule has 0 aliphatic heterocycles. The van der Waals surface area contributed by atoms with Crippen LogP contribution < -0.4 is 5.32 Å². The van der Waals surface area contributed by atoms with Crippen LogP contribution in [0.5, 0.6) is 0 Å². The minimum Gasteiger partial charge on any atom is -0.449 e. The summed E-state index contributed by atoms with van der Waals surface area (Å²) in [7, 11) is 0. The van der Waals surface area contributed by atoms with Gasteiger partial charge in [-0.05, 0) is 39.0 Å². The van der Waals surface area contributed by atoms with Crippen molar-refractivity contribution in [2.75, 3.05) is 5.32 Å². The van der Waals surface area contributed by atoms with Crippen LogP contribution in [-0.4, -0.2) is 28.7 Å². The van der Waals surface area contributed by atoms with E-state index in [-0.39, 0.29) is 17.0 Å². The Hall–Kier alpha value is -3.55. The number of hydrogen-bond donors (Lipinski definition) is 1. The molecule has 8 heteroatoms. The third kappa shape index (κ3) is 4.97. The van der Waals surface area contributed by atoms with Crippen LogP contribution in [0.15, 0.2) is 42.5 Å². The number of amides is 1. The van der Waals surface area contributed by atoms with Gasteiger partial charge >= 0.3 is 5.97 Å². The summed E-state index contributed by atoms with van der Waals surface area (Å²) in [6, 6.07) is 10.3. The molecule has 0 aliphatic carbocycles. The zero-order chi connectivity index (χ0) is 20.1. The lowest BCUT2D eigenvalue weighted by Crippen LogP contribution is -2.30. The Balaban J connectivity index is 2.07. The summed E-state index contributed by atoms with van der Waals surface area (Å²) in [6.07, 6.45) is -1.14. The number of carbonyl (C=O) groups is 3. The number of esters is 1. The number of ether oxygens (including phenoxy) is 1. The van der Waals surface area contributed by atoms with Crippen LogP contribution in [0.2, 0.25) is 0 Å². The van der Waals surface area contributed by atoms with Gasteiger partial charge < -0.3 is 10.1 Å². The highest BCUT2D eigenvalue weighted by Gasteiger charge is 2.21. The van der Waals surface area contributed by atoms with Gasteiger partial charge in [0.2, 0.25) is 0 Å². The number of Topliss-reactive ketones (excluding diaryl/α,β-unsaturated/α-hetero) is 1. The average molecular weight is 370 g/mol. The number of ketones is 1. The van der Waals surface area contributed by atoms with E-state index in [0.717, 1.165) is 6.07 Å². The maximum atomic E-state index is 12.2. The standard InChI is InChI=1S/C19H18N2O6/c1-11-7-8-15(10-17(11)21(25)26)19(24)27-13(3)18(23)20-16-6-4-5-14(9-16)12(2)22/h4-10,13H,1-3H3,(H,20,23)/t13-/m0/s1. The first-order chi connectivity index (χ1) is 12.7. The molecular formula is C19H18N2O6. The van der Waals surface area contributed by atoms with Crippen LogP contribution in [0.4, 0.5) is 11.4 Å². The van der Waals surface area contributed by atoms with E-state index in [2.05, 4.69) is 5.32 Å². The van der Waals surface area contributed by atoms with Crippen molar-refractivity contribution in [2.45, 2.75) is 26.9 Å². The summed E-state index contributed by atoms with van der Waals surface area (Å²) in [5, 5.41) is 13.5. The number of benzene rings is 2. The van der Waals surface area contributed by atoms with Crippen LogP contribution in [0.3, 0.4) is 0 Å². The second kappa shape index (κ2) is 8.22. The molecule has 0 saturated carbocycles. The van der Waals surface area contributed by atoms with Crippen molar-refractivity contribution in [3.05, 3.63) is 69.3 Å². The molecule has 0 aromatic heterocycles. The first-order valence-electron chi connectivity index (χ1n) is 8.07. The molecule has 0 radical (unpaired) electrons. The van der Waals surface area contributed by atoms with Gasteiger partial charge in [0.05, 0.1) is 10.5 Å². The van der Waals surface area contributed by atoms with Crippen molar-refractivity contribution in [1.82, 2.24) is 0 Å². The van der Waals surface area contributed by atoms with E-state index < -0.39 is 22.9 Å². The molecule has 0 heterocycles. The number of nitrogens with zero attached hydrogens (tertiary/aromatic N) is 1. The molecule has 0 saturated heterocycles. The third-order valence-corrected chi connectivity index (χ3v) is 3.83. The summed E-state index contributed by atoms with van der Waals surface area (Å²) in [4.78, 5) is 46.1. The number of rotatable bonds is 6. The smallest absolute Gasteiger partial charge is 0.339 e. The summed E-state index contributed by atoms with van der Waals surface area (Å²) in [5.41, 5.74) is 1.01. The van der Waals surface area contributed by atoms with Crippen molar-refractivity contribution < 1.29 is 24.0 Å². The quantitative estimate of drug-likeness (QED) is 0.361. The molecule has 27 heavy (non-hydrogen) atoms. The van der Waals surface area contributed by atoms with Crippen molar-refractivity contribution in [2.24, 2.45) is 0 Å². The minimum absolute atomic E-state index is 0.0227. The van der Waals surface area contributed by atoms with Gasteiger partial charge in [0, 0.05) is 22.9 Å². The van der Waals surface area contributed by atoms with E-state index in [1.165, 1.54) is 32.0 Å². The molecule has 0 fully saturated rings. The van der Waals surface area contributed by atoms with E-state index in [9.17, 15) is 24.5 Å². The molecule has 8 nitrogen and oxygen atoms in total. The minimum atomic E-state index is -1.14. The van der Waals surface area contributed by atoms with E-state index in [4.69, 9.17) is 4.74 Å². The number of nitrogens with one attached hydrogen (secondary N) is 1. The molecule has 140 valence electrons. The van der Waals surface area contributed by atoms with E-state index in [1.54, 1.807) is 25.1 Å². The van der Waals surface area contributed by atoms with E-state index >= 15 is 0 Å². The molecule has 0 unspecified atom stereocenters. The first-order valence-corrected chi connectivity index (χ1v) is 8.07. The maximum Gasteiger partial charge on any atom is 0.339 e. The fraction of sp³-hybridized carbons (Fsp3) is 0.211. The molecule has 0 aliphatic rings. The predicted molar refractivity (Wildman–Crippen MR) is 97.8 cm³/mol. The Morgan fingerprint density at radius 1 is 1.11 bits per heavy atom. The lowest BCUT2D eigenvalue weighted by atomic mass is 10.1. The van der Waals surface area contributed by atoms with Crippen LogP contribution in [0.25, 0.3) is 0 Å². The Morgan fingerprint density at radius 2 is 1.81 bits per heavy atom. The van der Waals surface area contributed by atoms with Crippen molar-refractivity contribution in [1.29, 1.82) is 0 Å². The number of anilines is 1. The van der Waals surface area contributed by atoms with Gasteiger partial charge in [0.1, 0.15) is 0 Å². The van der Waals surface area contributed by atoms with Crippen LogP contribution in [0.1, 0.15) is 40.1 Å². The molecular weight excluding hydrogens is 352 g/mol. The van der Waals surface area contributed by atoms with Crippen molar-refractivity contribution in [3.63, 3.8) is 0 Å². The van der Waals surface area contributed by atoms with Gasteiger partial charge in [0.15, 0.2) is 11.9 Å². The molecule has 0 bridgehead atoms. The molecule has 1 N–H and O–H groups in total. The van der Waals surface area contributed by atoms with Gasteiger partial charge in [-0.25, -0.2) is 4.79 Å². The summed E-state index contributed by atoms with van der Waals surface area (Å²) in [6.45, 7) is 4.34. The topological polar surface area (TPSA) is 116 Å². The zero-order valence-electron chi connectivity index (χ0n) is 15.0. The van der Waals surface area contributed by atoms with Gasteiger partial charge in [-0.2, -0.15) is 0 Å². The highest BCUT2D eigenvalue weighted by molar-refractivity contribution is 5.99. The van der Waals surface area contributed by atoms with Gasteiger partial charge in [0.25, 0.3) is 11.6 Å². The SMILES string of the molecule is CC(=O)c1cccc(NC(=O)[C@H](C)OC(=O)c2ccc(C)c([N+](=O)[O-])c2)c1. The van der Waals surface area contributed by atoms with Gasteiger partial charge in [-0.15, -0.1) is 0 Å². The lowest BCUT2D eigenvalue weighted by Gasteiger charge is -2.14. The van der Waals surface area contributed by atoms with Crippen LogP contribution >= 0.6 is 0 Å². The highest BCUT2D eigenvalue weighted by Crippen LogP contribution is 2.20. The highest BCUT2D eigenvalue weighted by atomic mass is 16.6. The summed E-state index contributed by atoms with van der Waals surface area (Å²) < 4.78 is 5.08. The fourth-order valence-corrected chi connectivity index (χ4v) is 2.28. The predicted octanol–water partition coefficient (Wildman–Crippen LogP) is 3.29. The van der Waals surface area contributed by atoms with E-state index in [1.807, 2.05) is 0 Å². The largest absolute Gasteiger partial charge is 0.449 e. The Labute approximate surface area is 155 Å². The Kier molecular flexibility index (Phi) is 6.02. The Morgan fingerprint density at radius 3 is 2.44 bits per heavy atom. The monoisotopic (exact) mass is 370 g/mol. The Bertz CT molecular complexity index is 922. The molecule has 0 spiro atoms. The molecule has 2 aromatic carbocycles.